The van der Waals surface area contributed by atoms with E-state index < -0.39 is 34.5 Å². The Morgan fingerprint density at radius 3 is 2.24 bits per heavy atom. The Morgan fingerprint density at radius 1 is 1.07 bits per heavy atom. The van der Waals surface area contributed by atoms with Gasteiger partial charge in [0, 0.05) is 23.4 Å². The van der Waals surface area contributed by atoms with Crippen molar-refractivity contribution in [3.63, 3.8) is 0 Å². The van der Waals surface area contributed by atoms with Crippen LogP contribution in [-0.4, -0.2) is 75.7 Å². The first-order chi connectivity index (χ1) is 19.6. The molecule has 1 aliphatic carbocycles. The minimum absolute atomic E-state index is 0.0494. The van der Waals surface area contributed by atoms with Gasteiger partial charge in [0.05, 0.1) is 19.1 Å². The summed E-state index contributed by atoms with van der Waals surface area (Å²) in [6.45, 7) is -0.318. The highest BCUT2D eigenvalue weighted by molar-refractivity contribution is 7.89. The Kier molecular flexibility index (Phi) is 12.6. The predicted octanol–water partition coefficient (Wildman–Crippen LogP) is 1.83. The van der Waals surface area contributed by atoms with E-state index in [1.807, 2.05) is 0 Å². The molecule has 224 valence electrons. The molecule has 0 aliphatic heterocycles. The van der Waals surface area contributed by atoms with E-state index in [0.717, 1.165) is 24.6 Å². The van der Waals surface area contributed by atoms with Crippen LogP contribution in [-0.2, 0) is 19.6 Å². The quantitative estimate of drug-likeness (QED) is 0.113. The normalized spacial score (nSPS) is 14.2. The number of hydrogen-bond donors (Lipinski definition) is 4. The van der Waals surface area contributed by atoms with Crippen molar-refractivity contribution >= 4 is 38.6 Å². The molecule has 0 unspecified atom stereocenters. The Balaban J connectivity index is 0.00000287. The van der Waals surface area contributed by atoms with E-state index in [1.165, 1.54) is 31.3 Å². The van der Waals surface area contributed by atoms with Crippen LogP contribution in [0.1, 0.15) is 44.9 Å². The maximum absolute atomic E-state index is 13.7. The van der Waals surface area contributed by atoms with Gasteiger partial charge in [-0.05, 0) is 60.7 Å². The van der Waals surface area contributed by atoms with Crippen molar-refractivity contribution in [2.45, 2.75) is 61.9 Å². The third-order valence-corrected chi connectivity index (χ3v) is 8.24. The molecule has 0 heterocycles. The Hall–Kier alpha value is -4.16. The zero-order valence-corrected chi connectivity index (χ0v) is 24.0. The average molecular weight is 592 g/mol. The minimum Gasteiger partial charge on any atom is -0.493 e. The van der Waals surface area contributed by atoms with Crippen LogP contribution in [0.3, 0.4) is 0 Å². The van der Waals surface area contributed by atoms with Crippen LogP contribution in [0.25, 0.3) is 10.8 Å². The van der Waals surface area contributed by atoms with Gasteiger partial charge in [-0.1, -0.05) is 25.3 Å². The van der Waals surface area contributed by atoms with Crippen molar-refractivity contribution < 1.29 is 32.6 Å². The number of hydrogen-bond acceptors (Lipinski definition) is 9. The maximum atomic E-state index is 13.7. The number of benzene rings is 2. The fourth-order valence-electron chi connectivity index (χ4n) is 4.84. The van der Waals surface area contributed by atoms with Gasteiger partial charge >= 0.3 is 5.97 Å². The van der Waals surface area contributed by atoms with Crippen LogP contribution >= 0.6 is 0 Å². The number of methoxy groups -OCH3 is 2. The van der Waals surface area contributed by atoms with Gasteiger partial charge in [0.25, 0.3) is 0 Å². The molecular formula is C26H37N7O7S. The van der Waals surface area contributed by atoms with Crippen molar-refractivity contribution in [2.75, 3.05) is 27.3 Å². The molecule has 6 N–H and O–H groups in total. The third-order valence-electron chi connectivity index (χ3n) is 6.77. The number of guanidine groups is 1. The van der Waals surface area contributed by atoms with Crippen molar-refractivity contribution in [3.05, 3.63) is 30.3 Å². The number of nitrogens with one attached hydrogen (secondary N) is 1. The first-order valence-electron chi connectivity index (χ1n) is 13.0. The largest absolute Gasteiger partial charge is 0.493 e. The SMILES string of the molecule is COc1cc2ccc(S(=O)(=O)N[C@@H](CCCN=C(N)N)C(=O)N(CC(=O)O)C3CCCCC3)cc2cc1OC.N#N. The number of carboxylic acid groups (broad SMARTS) is 1. The lowest BCUT2D eigenvalue weighted by atomic mass is 9.93. The van der Waals surface area contributed by atoms with E-state index in [1.54, 1.807) is 18.2 Å². The monoisotopic (exact) mass is 591 g/mol. The molecule has 1 aliphatic rings. The predicted molar refractivity (Wildman–Crippen MR) is 151 cm³/mol. The minimum atomic E-state index is -4.18. The lowest BCUT2D eigenvalue weighted by Gasteiger charge is -2.35. The van der Waals surface area contributed by atoms with Crippen LogP contribution in [0.4, 0.5) is 0 Å². The molecule has 0 spiro atoms. The van der Waals surface area contributed by atoms with Gasteiger partial charge in [0.15, 0.2) is 17.5 Å². The Bertz CT molecular complexity index is 1350. The van der Waals surface area contributed by atoms with Gasteiger partial charge < -0.3 is 30.9 Å². The second-order valence-corrected chi connectivity index (χ2v) is 11.2. The van der Waals surface area contributed by atoms with Gasteiger partial charge in [-0.2, -0.15) is 4.72 Å². The topological polar surface area (TPSA) is 234 Å². The summed E-state index contributed by atoms with van der Waals surface area (Å²) < 4.78 is 40.2. The summed E-state index contributed by atoms with van der Waals surface area (Å²) in [6.07, 6.45) is 4.48. The first kappa shape index (κ1) is 33.0. The van der Waals surface area contributed by atoms with E-state index in [4.69, 9.17) is 31.7 Å². The summed E-state index contributed by atoms with van der Waals surface area (Å²) >= 11 is 0. The van der Waals surface area contributed by atoms with Gasteiger partial charge in [-0.25, -0.2) is 8.42 Å². The highest BCUT2D eigenvalue weighted by Crippen LogP contribution is 2.33. The van der Waals surface area contributed by atoms with E-state index in [-0.39, 0.29) is 29.9 Å². The molecule has 0 radical (unpaired) electrons. The molecule has 41 heavy (non-hydrogen) atoms. The van der Waals surface area contributed by atoms with E-state index >= 15 is 0 Å². The number of sulfonamides is 1. The molecule has 0 aromatic heterocycles. The average Bonchev–Trinajstić information content (AvgIpc) is 2.97. The van der Waals surface area contributed by atoms with Crippen LogP contribution in [0.5, 0.6) is 11.5 Å². The summed E-state index contributed by atoms with van der Waals surface area (Å²) in [5.41, 5.74) is 10.8. The van der Waals surface area contributed by atoms with Crippen molar-refractivity contribution in [3.8, 4) is 11.5 Å². The molecule has 0 bridgehead atoms. The molecule has 2 aromatic rings. The van der Waals surface area contributed by atoms with Gasteiger partial charge in [-0.3, -0.25) is 14.6 Å². The van der Waals surface area contributed by atoms with Gasteiger partial charge in [0.2, 0.25) is 15.9 Å². The van der Waals surface area contributed by atoms with Gasteiger partial charge in [-0.15, -0.1) is 0 Å². The zero-order chi connectivity index (χ0) is 30.6. The standard InChI is InChI=1S/C26H37N5O7S.N2/c1-37-22-14-17-10-11-20(13-18(17)15-23(22)38-2)39(35,36)30-21(9-6-12-29-26(27)28)25(34)31(16-24(32)33)19-7-4-3-5-8-19;1-2/h10-11,13-15,19,21,30H,3-9,12,16H2,1-2H3,(H,32,33)(H4,27,28,29);/t21-;/m0./s1. The maximum Gasteiger partial charge on any atom is 0.323 e. The molecule has 3 rings (SSSR count). The second-order valence-electron chi connectivity index (χ2n) is 9.49. The van der Waals surface area contributed by atoms with Gasteiger partial charge in [0.1, 0.15) is 12.6 Å². The molecule has 1 amide bonds. The highest BCUT2D eigenvalue weighted by Gasteiger charge is 2.34. The number of carboxylic acids is 1. The summed E-state index contributed by atoms with van der Waals surface area (Å²) in [7, 11) is -1.18. The first-order valence-corrected chi connectivity index (χ1v) is 14.5. The second kappa shape index (κ2) is 15.6. The van der Waals surface area contributed by atoms with Crippen molar-refractivity contribution in [1.82, 2.24) is 9.62 Å². The smallest absolute Gasteiger partial charge is 0.323 e. The van der Waals surface area contributed by atoms with E-state index in [9.17, 15) is 23.1 Å². The number of amides is 1. The number of carbonyl (C=O) groups is 2. The number of aliphatic imine (C=N–C) groups is 1. The number of nitrogens with zero attached hydrogens (tertiary/aromatic N) is 4. The van der Waals surface area contributed by atoms with Crippen LogP contribution in [0.15, 0.2) is 40.2 Å². The molecular weight excluding hydrogens is 554 g/mol. The van der Waals surface area contributed by atoms with E-state index in [2.05, 4.69) is 9.71 Å². The van der Waals surface area contributed by atoms with Crippen LogP contribution in [0.2, 0.25) is 0 Å². The summed E-state index contributed by atoms with van der Waals surface area (Å²) in [6, 6.07) is 6.50. The van der Waals surface area contributed by atoms with E-state index in [0.29, 0.717) is 36.1 Å². The fourth-order valence-corrected chi connectivity index (χ4v) is 6.10. The zero-order valence-electron chi connectivity index (χ0n) is 23.2. The summed E-state index contributed by atoms with van der Waals surface area (Å²) in [4.78, 5) is 30.5. The molecule has 15 heteroatoms. The Morgan fingerprint density at radius 2 is 1.68 bits per heavy atom. The molecule has 14 nitrogen and oxygen atoms in total. The van der Waals surface area contributed by atoms with Crippen LogP contribution in [0, 0.1) is 10.8 Å². The van der Waals surface area contributed by atoms with Crippen molar-refractivity contribution in [1.29, 1.82) is 10.8 Å². The number of nitrogens with two attached hydrogens (primary N) is 2. The lowest BCUT2D eigenvalue weighted by Crippen LogP contribution is -2.53. The lowest BCUT2D eigenvalue weighted by molar-refractivity contribution is -0.147. The molecule has 1 fully saturated rings. The number of rotatable bonds is 13. The molecule has 1 saturated carbocycles. The fraction of sp³-hybridized carbons (Fsp3) is 0.500. The number of fused-ring (bicyclic) bond motifs is 1. The number of ether oxygens (including phenoxy) is 2. The number of aliphatic carboxylic acids is 1. The molecule has 1 atom stereocenters. The summed E-state index contributed by atoms with van der Waals surface area (Å²) in [5, 5.41) is 22.8. The highest BCUT2D eigenvalue weighted by atomic mass is 32.2. The Labute approximate surface area is 239 Å². The number of carbonyl (C=O) groups excluding carboxylic acids is 1. The van der Waals surface area contributed by atoms with Crippen LogP contribution < -0.4 is 25.7 Å². The third kappa shape index (κ3) is 9.19. The molecule has 2 aromatic carbocycles. The summed E-state index contributed by atoms with van der Waals surface area (Å²) in [5.74, 6) is -0.903. The molecule has 0 saturated heterocycles. The van der Waals surface area contributed by atoms with Crippen molar-refractivity contribution in [2.24, 2.45) is 16.5 Å².